The molecule has 2 aromatic rings. The Kier molecular flexibility index (Phi) is 3.18. The highest BCUT2D eigenvalue weighted by atomic mass is 79.9. The Morgan fingerprint density at radius 2 is 2.07 bits per heavy atom. The summed E-state index contributed by atoms with van der Waals surface area (Å²) in [6.45, 7) is 0. The molecule has 78 valence electrons. The zero-order valence-corrected chi connectivity index (χ0v) is 9.74. The quantitative estimate of drug-likeness (QED) is 0.896. The van der Waals surface area contributed by atoms with Crippen LogP contribution in [0.1, 0.15) is 17.3 Å². The lowest BCUT2D eigenvalue weighted by atomic mass is 10.0. The molecule has 0 aliphatic rings. The van der Waals surface area contributed by atoms with Gasteiger partial charge in [-0.3, -0.25) is 0 Å². The van der Waals surface area contributed by atoms with Crippen LogP contribution in [0.2, 0.25) is 0 Å². The topological polar surface area (TPSA) is 54.7 Å². The third kappa shape index (κ3) is 2.67. The summed E-state index contributed by atoms with van der Waals surface area (Å²) in [5, 5.41) is 0. The largest absolute Gasteiger partial charge is 0.351 e. The molecule has 15 heavy (non-hydrogen) atoms. The Balaban J connectivity index is 2.08. The van der Waals surface area contributed by atoms with Crippen LogP contribution in [0.15, 0.2) is 41.3 Å². The van der Waals surface area contributed by atoms with Crippen molar-refractivity contribution in [2.45, 2.75) is 12.5 Å². The van der Waals surface area contributed by atoms with Crippen molar-refractivity contribution in [3.05, 3.63) is 52.5 Å². The predicted octanol–water partition coefficient (Wildman–Crippen LogP) is 2.41. The summed E-state index contributed by atoms with van der Waals surface area (Å²) in [6, 6.07) is 8.06. The Hall–Kier alpha value is -1.13. The Bertz CT molecular complexity index is 408. The van der Waals surface area contributed by atoms with Crippen molar-refractivity contribution in [3.63, 3.8) is 0 Å². The number of nitrogens with one attached hydrogen (secondary N) is 1. The number of nitrogens with zero attached hydrogens (tertiary/aromatic N) is 1. The second-order valence-electron chi connectivity index (χ2n) is 3.42. The molecule has 0 radical (unpaired) electrons. The number of halogens is 1. The summed E-state index contributed by atoms with van der Waals surface area (Å²) in [5.41, 5.74) is 8.18. The van der Waals surface area contributed by atoms with E-state index in [0.717, 1.165) is 22.2 Å². The van der Waals surface area contributed by atoms with Gasteiger partial charge in [-0.2, -0.15) is 0 Å². The number of rotatable bonds is 3. The number of aromatic amines is 1. The minimum atomic E-state index is 0.00130. The SMILES string of the molecule is NC(Cc1c[nH]cn1)c1ccc(Br)cc1. The number of H-pyrrole nitrogens is 1. The van der Waals surface area contributed by atoms with Gasteiger partial charge in [-0.25, -0.2) is 4.98 Å². The van der Waals surface area contributed by atoms with Crippen LogP contribution in [0, 0.1) is 0 Å². The fourth-order valence-electron chi connectivity index (χ4n) is 1.46. The monoisotopic (exact) mass is 265 g/mol. The molecule has 1 unspecified atom stereocenters. The first kappa shape index (κ1) is 10.4. The molecule has 0 spiro atoms. The van der Waals surface area contributed by atoms with Crippen LogP contribution in [0.4, 0.5) is 0 Å². The van der Waals surface area contributed by atoms with E-state index in [9.17, 15) is 0 Å². The van der Waals surface area contributed by atoms with Gasteiger partial charge >= 0.3 is 0 Å². The summed E-state index contributed by atoms with van der Waals surface area (Å²) < 4.78 is 1.07. The van der Waals surface area contributed by atoms with E-state index < -0.39 is 0 Å². The molecule has 0 amide bonds. The third-order valence-corrected chi connectivity index (χ3v) is 2.81. The van der Waals surface area contributed by atoms with Gasteiger partial charge in [0, 0.05) is 23.1 Å². The molecule has 0 fully saturated rings. The molecule has 3 nitrogen and oxygen atoms in total. The number of nitrogens with two attached hydrogens (primary N) is 1. The standard InChI is InChI=1S/C11H12BrN3/c12-9-3-1-8(2-4-9)11(13)5-10-6-14-7-15-10/h1-4,6-7,11H,5,13H2,(H,14,15). The van der Waals surface area contributed by atoms with Gasteiger partial charge in [-0.05, 0) is 17.7 Å². The molecular formula is C11H12BrN3. The first-order chi connectivity index (χ1) is 7.25. The lowest BCUT2D eigenvalue weighted by molar-refractivity contribution is 0.709. The van der Waals surface area contributed by atoms with Crippen LogP contribution in [-0.2, 0) is 6.42 Å². The maximum Gasteiger partial charge on any atom is 0.0923 e. The van der Waals surface area contributed by atoms with Gasteiger partial charge in [-0.1, -0.05) is 28.1 Å². The fourth-order valence-corrected chi connectivity index (χ4v) is 1.72. The van der Waals surface area contributed by atoms with Crippen molar-refractivity contribution in [2.24, 2.45) is 5.73 Å². The van der Waals surface area contributed by atoms with Crippen LogP contribution in [0.3, 0.4) is 0 Å². The van der Waals surface area contributed by atoms with E-state index in [1.165, 1.54) is 0 Å². The number of hydrogen-bond donors (Lipinski definition) is 2. The minimum absolute atomic E-state index is 0.00130. The molecule has 0 aliphatic carbocycles. The molecule has 1 aromatic carbocycles. The lowest BCUT2D eigenvalue weighted by Gasteiger charge is -2.10. The minimum Gasteiger partial charge on any atom is -0.351 e. The van der Waals surface area contributed by atoms with Crippen molar-refractivity contribution < 1.29 is 0 Å². The first-order valence-corrected chi connectivity index (χ1v) is 5.53. The number of benzene rings is 1. The summed E-state index contributed by atoms with van der Waals surface area (Å²) >= 11 is 3.40. The van der Waals surface area contributed by atoms with Gasteiger partial charge in [-0.15, -0.1) is 0 Å². The maximum absolute atomic E-state index is 6.07. The van der Waals surface area contributed by atoms with Crippen molar-refractivity contribution in [1.82, 2.24) is 9.97 Å². The van der Waals surface area contributed by atoms with Crippen LogP contribution >= 0.6 is 15.9 Å². The fraction of sp³-hybridized carbons (Fsp3) is 0.182. The van der Waals surface area contributed by atoms with Crippen LogP contribution < -0.4 is 5.73 Å². The van der Waals surface area contributed by atoms with Crippen molar-refractivity contribution >= 4 is 15.9 Å². The van der Waals surface area contributed by atoms with Gasteiger partial charge in [0.1, 0.15) is 0 Å². The van der Waals surface area contributed by atoms with Crippen molar-refractivity contribution in [2.75, 3.05) is 0 Å². The lowest BCUT2D eigenvalue weighted by Crippen LogP contribution is -2.13. The number of aromatic nitrogens is 2. The summed E-state index contributed by atoms with van der Waals surface area (Å²) in [6.07, 6.45) is 4.30. The van der Waals surface area contributed by atoms with Crippen LogP contribution in [-0.4, -0.2) is 9.97 Å². The molecule has 3 N–H and O–H groups in total. The van der Waals surface area contributed by atoms with Gasteiger partial charge < -0.3 is 10.7 Å². The zero-order valence-electron chi connectivity index (χ0n) is 8.15. The summed E-state index contributed by atoms with van der Waals surface area (Å²) in [4.78, 5) is 7.08. The van der Waals surface area contributed by atoms with E-state index in [0.29, 0.717) is 0 Å². The molecule has 2 rings (SSSR count). The molecule has 0 saturated heterocycles. The Morgan fingerprint density at radius 1 is 1.33 bits per heavy atom. The summed E-state index contributed by atoms with van der Waals surface area (Å²) in [5.74, 6) is 0. The van der Waals surface area contributed by atoms with E-state index in [4.69, 9.17) is 5.73 Å². The van der Waals surface area contributed by atoms with E-state index >= 15 is 0 Å². The second-order valence-corrected chi connectivity index (χ2v) is 4.34. The molecule has 4 heteroatoms. The predicted molar refractivity (Wildman–Crippen MR) is 63.4 cm³/mol. The van der Waals surface area contributed by atoms with E-state index in [1.54, 1.807) is 6.33 Å². The second kappa shape index (κ2) is 4.59. The first-order valence-electron chi connectivity index (χ1n) is 4.74. The summed E-state index contributed by atoms with van der Waals surface area (Å²) in [7, 11) is 0. The van der Waals surface area contributed by atoms with Gasteiger partial charge in [0.2, 0.25) is 0 Å². The molecule has 1 heterocycles. The highest BCUT2D eigenvalue weighted by molar-refractivity contribution is 9.10. The highest BCUT2D eigenvalue weighted by Gasteiger charge is 2.07. The normalized spacial score (nSPS) is 12.7. The average molecular weight is 266 g/mol. The highest BCUT2D eigenvalue weighted by Crippen LogP contribution is 2.17. The van der Waals surface area contributed by atoms with E-state index in [2.05, 4.69) is 25.9 Å². The van der Waals surface area contributed by atoms with Crippen molar-refractivity contribution in [3.8, 4) is 0 Å². The molecular weight excluding hydrogens is 254 g/mol. The molecule has 1 aromatic heterocycles. The van der Waals surface area contributed by atoms with E-state index in [-0.39, 0.29) is 6.04 Å². The molecule has 0 bridgehead atoms. The van der Waals surface area contributed by atoms with Gasteiger partial charge in [0.05, 0.1) is 12.0 Å². The van der Waals surface area contributed by atoms with Gasteiger partial charge in [0.25, 0.3) is 0 Å². The maximum atomic E-state index is 6.07. The average Bonchev–Trinajstić information content (AvgIpc) is 2.71. The Morgan fingerprint density at radius 3 is 2.67 bits per heavy atom. The molecule has 0 saturated carbocycles. The molecule has 1 atom stereocenters. The van der Waals surface area contributed by atoms with E-state index in [1.807, 2.05) is 30.5 Å². The van der Waals surface area contributed by atoms with Crippen LogP contribution in [0.25, 0.3) is 0 Å². The third-order valence-electron chi connectivity index (χ3n) is 2.28. The molecule has 0 aliphatic heterocycles. The van der Waals surface area contributed by atoms with Gasteiger partial charge in [0.15, 0.2) is 0 Å². The number of hydrogen-bond acceptors (Lipinski definition) is 2. The smallest absolute Gasteiger partial charge is 0.0923 e. The number of imidazole rings is 1. The van der Waals surface area contributed by atoms with Crippen molar-refractivity contribution in [1.29, 1.82) is 0 Å². The Labute approximate surface area is 96.9 Å². The van der Waals surface area contributed by atoms with Crippen LogP contribution in [0.5, 0.6) is 0 Å². The zero-order chi connectivity index (χ0) is 10.7.